The number of halogens is 1. The molecule has 0 spiro atoms. The number of carbonyl (C=O) groups is 1. The molecule has 2 aromatic heterocycles. The van der Waals surface area contributed by atoms with Crippen LogP contribution in [0.4, 0.5) is 10.5 Å². The standard InChI is InChI=1S/C20H15ClN4O6S2/c1-31-13-6-7-14-15(10-13)23-20(28)25(18(14)26)12-4-2-11(3-5-12)22-19(27)24-33(29,30)17-9-8-16(21)32-17/h2-10H,1H3,(H,23,28)(H2,22,24,27). The minimum Gasteiger partial charge on any atom is -0.497 e. The number of aromatic amines is 1. The Bertz CT molecular complexity index is 1590. The van der Waals surface area contributed by atoms with Gasteiger partial charge in [-0.2, -0.15) is 0 Å². The number of H-pyrrole nitrogens is 1. The van der Waals surface area contributed by atoms with Crippen molar-refractivity contribution < 1.29 is 17.9 Å². The summed E-state index contributed by atoms with van der Waals surface area (Å²) in [6.45, 7) is 0. The molecular weight excluding hydrogens is 492 g/mol. The number of urea groups is 1. The Balaban J connectivity index is 1.56. The highest BCUT2D eigenvalue weighted by Crippen LogP contribution is 2.25. The number of sulfonamides is 1. The van der Waals surface area contributed by atoms with Gasteiger partial charge in [-0.1, -0.05) is 11.6 Å². The maximum atomic E-state index is 12.9. The monoisotopic (exact) mass is 506 g/mol. The number of rotatable bonds is 5. The topological polar surface area (TPSA) is 139 Å². The van der Waals surface area contributed by atoms with E-state index in [2.05, 4.69) is 10.3 Å². The van der Waals surface area contributed by atoms with Crippen molar-refractivity contribution in [3.05, 3.63) is 79.8 Å². The number of nitrogens with zero attached hydrogens (tertiary/aromatic N) is 1. The highest BCUT2D eigenvalue weighted by atomic mass is 35.5. The summed E-state index contributed by atoms with van der Waals surface area (Å²) in [6, 6.07) is 12.1. The van der Waals surface area contributed by atoms with Gasteiger partial charge >= 0.3 is 11.7 Å². The Morgan fingerprint density at radius 1 is 1.09 bits per heavy atom. The van der Waals surface area contributed by atoms with Crippen molar-refractivity contribution in [2.75, 3.05) is 12.4 Å². The van der Waals surface area contributed by atoms with Crippen LogP contribution in [0, 0.1) is 0 Å². The predicted molar refractivity (Wildman–Crippen MR) is 125 cm³/mol. The number of ether oxygens (including phenoxy) is 1. The molecule has 0 atom stereocenters. The fourth-order valence-corrected chi connectivity index (χ4v) is 5.41. The van der Waals surface area contributed by atoms with E-state index in [-0.39, 0.29) is 25.3 Å². The summed E-state index contributed by atoms with van der Waals surface area (Å²) >= 11 is 6.55. The number of amides is 2. The Hall–Kier alpha value is -3.61. The van der Waals surface area contributed by atoms with Gasteiger partial charge in [0, 0.05) is 11.8 Å². The molecule has 4 aromatic rings. The maximum Gasteiger partial charge on any atom is 0.333 e. The fraction of sp³-hybridized carbons (Fsp3) is 0.0500. The van der Waals surface area contributed by atoms with Crippen molar-refractivity contribution in [1.82, 2.24) is 14.3 Å². The van der Waals surface area contributed by atoms with E-state index in [0.29, 0.717) is 11.3 Å². The van der Waals surface area contributed by atoms with E-state index in [4.69, 9.17) is 16.3 Å². The summed E-state index contributed by atoms with van der Waals surface area (Å²) in [5.41, 5.74) is -0.351. The molecule has 0 aliphatic carbocycles. The molecule has 0 aliphatic heterocycles. The van der Waals surface area contributed by atoms with Gasteiger partial charge in [-0.15, -0.1) is 11.3 Å². The van der Waals surface area contributed by atoms with Crippen molar-refractivity contribution in [1.29, 1.82) is 0 Å². The van der Waals surface area contributed by atoms with Crippen LogP contribution in [0.1, 0.15) is 0 Å². The zero-order valence-corrected chi connectivity index (χ0v) is 19.2. The lowest BCUT2D eigenvalue weighted by Crippen LogP contribution is -2.34. The van der Waals surface area contributed by atoms with E-state index in [1.807, 2.05) is 4.72 Å². The molecule has 3 N–H and O–H groups in total. The number of carbonyl (C=O) groups excluding carboxylic acids is 1. The molecule has 0 saturated carbocycles. The Morgan fingerprint density at radius 3 is 2.45 bits per heavy atom. The number of fused-ring (bicyclic) bond motifs is 1. The highest BCUT2D eigenvalue weighted by molar-refractivity contribution is 7.92. The quantitative estimate of drug-likeness (QED) is 0.380. The SMILES string of the molecule is COc1ccc2c(=O)n(-c3ccc(NC(=O)NS(=O)(=O)c4ccc(Cl)s4)cc3)c(=O)[nH]c2c1. The lowest BCUT2D eigenvalue weighted by atomic mass is 10.2. The second-order valence-electron chi connectivity index (χ2n) is 6.65. The number of aromatic nitrogens is 2. The van der Waals surface area contributed by atoms with Gasteiger partial charge in [0.2, 0.25) is 0 Å². The largest absolute Gasteiger partial charge is 0.497 e. The summed E-state index contributed by atoms with van der Waals surface area (Å²) in [4.78, 5) is 40.1. The third-order valence-electron chi connectivity index (χ3n) is 4.53. The van der Waals surface area contributed by atoms with Gasteiger partial charge in [0.25, 0.3) is 15.6 Å². The number of nitrogens with one attached hydrogen (secondary N) is 3. The Morgan fingerprint density at radius 2 is 1.82 bits per heavy atom. The maximum absolute atomic E-state index is 12.9. The minimum absolute atomic E-state index is 0.106. The van der Waals surface area contributed by atoms with Gasteiger partial charge in [-0.05, 0) is 48.5 Å². The Labute approximate surface area is 195 Å². The minimum atomic E-state index is -4.07. The number of hydrogen-bond donors (Lipinski definition) is 3. The van der Waals surface area contributed by atoms with Crippen molar-refractivity contribution in [2.24, 2.45) is 0 Å². The van der Waals surface area contributed by atoms with Gasteiger partial charge in [-0.25, -0.2) is 27.3 Å². The van der Waals surface area contributed by atoms with E-state index < -0.39 is 27.3 Å². The molecule has 0 bridgehead atoms. The molecule has 13 heteroatoms. The van der Waals surface area contributed by atoms with Crippen molar-refractivity contribution in [2.45, 2.75) is 4.21 Å². The first-order valence-corrected chi connectivity index (χ1v) is 11.9. The first kappa shape index (κ1) is 22.6. The number of hydrogen-bond acceptors (Lipinski definition) is 7. The van der Waals surface area contributed by atoms with Crippen LogP contribution in [-0.2, 0) is 10.0 Å². The van der Waals surface area contributed by atoms with E-state index in [0.717, 1.165) is 15.9 Å². The molecule has 2 heterocycles. The van der Waals surface area contributed by atoms with Crippen LogP contribution >= 0.6 is 22.9 Å². The van der Waals surface area contributed by atoms with Crippen LogP contribution in [0.5, 0.6) is 5.75 Å². The summed E-state index contributed by atoms with van der Waals surface area (Å²) in [6.07, 6.45) is 0. The first-order valence-electron chi connectivity index (χ1n) is 9.20. The van der Waals surface area contributed by atoms with E-state index in [9.17, 15) is 22.8 Å². The average Bonchev–Trinajstić information content (AvgIpc) is 3.21. The number of anilines is 1. The van der Waals surface area contributed by atoms with Crippen LogP contribution in [0.25, 0.3) is 16.6 Å². The molecule has 0 unspecified atom stereocenters. The van der Waals surface area contributed by atoms with Gasteiger partial charge in [0.1, 0.15) is 9.96 Å². The lowest BCUT2D eigenvalue weighted by molar-refractivity contribution is 0.256. The molecule has 10 nitrogen and oxygen atoms in total. The Kier molecular flexibility index (Phi) is 5.97. The van der Waals surface area contributed by atoms with Crippen LogP contribution in [0.3, 0.4) is 0 Å². The highest BCUT2D eigenvalue weighted by Gasteiger charge is 2.20. The van der Waals surface area contributed by atoms with Gasteiger partial charge in [-0.3, -0.25) is 4.79 Å². The molecule has 0 aliphatic rings. The smallest absolute Gasteiger partial charge is 0.333 e. The van der Waals surface area contributed by atoms with E-state index >= 15 is 0 Å². The summed E-state index contributed by atoms with van der Waals surface area (Å²) in [5, 5.41) is 2.67. The second-order valence-corrected chi connectivity index (χ2v) is 10.3. The molecule has 4 rings (SSSR count). The fourth-order valence-electron chi connectivity index (χ4n) is 3.02. The van der Waals surface area contributed by atoms with Crippen LogP contribution in [-0.4, -0.2) is 31.1 Å². The molecule has 0 fully saturated rings. The van der Waals surface area contributed by atoms with E-state index in [1.165, 1.54) is 43.5 Å². The zero-order valence-electron chi connectivity index (χ0n) is 16.8. The third kappa shape index (κ3) is 4.62. The van der Waals surface area contributed by atoms with Crippen molar-refractivity contribution >= 4 is 55.6 Å². The molecule has 0 saturated heterocycles. The van der Waals surface area contributed by atoms with Crippen LogP contribution < -0.4 is 26.0 Å². The van der Waals surface area contributed by atoms with Crippen LogP contribution in [0.2, 0.25) is 4.34 Å². The van der Waals surface area contributed by atoms with Gasteiger partial charge < -0.3 is 15.0 Å². The van der Waals surface area contributed by atoms with Gasteiger partial charge in [0.15, 0.2) is 0 Å². The second kappa shape index (κ2) is 8.73. The molecule has 0 radical (unpaired) electrons. The zero-order chi connectivity index (χ0) is 23.8. The van der Waals surface area contributed by atoms with E-state index in [1.54, 1.807) is 18.2 Å². The molecule has 33 heavy (non-hydrogen) atoms. The lowest BCUT2D eigenvalue weighted by Gasteiger charge is -2.10. The first-order chi connectivity index (χ1) is 15.7. The number of thiophene rings is 1. The summed E-state index contributed by atoms with van der Waals surface area (Å²) in [7, 11) is -2.60. The van der Waals surface area contributed by atoms with Crippen molar-refractivity contribution in [3.63, 3.8) is 0 Å². The van der Waals surface area contributed by atoms with Crippen molar-refractivity contribution in [3.8, 4) is 11.4 Å². The number of benzene rings is 2. The van der Waals surface area contributed by atoms with Crippen LogP contribution in [0.15, 0.2) is 68.4 Å². The molecule has 2 aromatic carbocycles. The summed E-state index contributed by atoms with van der Waals surface area (Å²) in [5.74, 6) is 0.494. The average molecular weight is 507 g/mol. The predicted octanol–water partition coefficient (Wildman–Crippen LogP) is 2.91. The number of methoxy groups -OCH3 is 1. The molecule has 170 valence electrons. The summed E-state index contributed by atoms with van der Waals surface area (Å²) < 4.78 is 32.5. The third-order valence-corrected chi connectivity index (χ3v) is 7.58. The molecular formula is C20H15ClN4O6S2. The molecule has 2 amide bonds. The normalized spacial score (nSPS) is 11.3. The van der Waals surface area contributed by atoms with Gasteiger partial charge in [0.05, 0.1) is 28.0 Å².